The molecule has 0 fully saturated rings. The molecule has 0 saturated carbocycles. The van der Waals surface area contributed by atoms with Crippen molar-refractivity contribution < 1.29 is 4.74 Å². The average Bonchev–Trinajstić information content (AvgIpc) is 2.89. The number of hydrogen-bond donors (Lipinski definition) is 2. The van der Waals surface area contributed by atoms with Crippen molar-refractivity contribution in [3.63, 3.8) is 0 Å². The molecule has 1 aromatic heterocycles. The molecule has 1 heterocycles. The minimum absolute atomic E-state index is 0. The summed E-state index contributed by atoms with van der Waals surface area (Å²) in [6, 6.07) is 4.06. The summed E-state index contributed by atoms with van der Waals surface area (Å²) in [5.41, 5.74) is -0.233. The molecule has 0 atom stereocenters. The summed E-state index contributed by atoms with van der Waals surface area (Å²) >= 11 is 0. The maximum atomic E-state index is 5.36. The van der Waals surface area contributed by atoms with E-state index in [0.29, 0.717) is 6.54 Å². The van der Waals surface area contributed by atoms with Gasteiger partial charge in [-0.1, -0.05) is 0 Å². The Labute approximate surface area is 139 Å². The highest BCUT2D eigenvalue weighted by Gasteiger charge is 2.15. The Morgan fingerprint density at radius 1 is 1.25 bits per heavy atom. The predicted molar refractivity (Wildman–Crippen MR) is 94.9 cm³/mol. The lowest BCUT2D eigenvalue weighted by atomic mass is 10.1. The highest BCUT2D eigenvalue weighted by molar-refractivity contribution is 14.0. The molecule has 20 heavy (non-hydrogen) atoms. The summed E-state index contributed by atoms with van der Waals surface area (Å²) in [4.78, 5) is 4.53. The molecule has 0 radical (unpaired) electrons. The fourth-order valence-electron chi connectivity index (χ4n) is 1.50. The fraction of sp³-hybridized carbons (Fsp3) is 0.643. The van der Waals surface area contributed by atoms with Crippen molar-refractivity contribution in [1.29, 1.82) is 0 Å². The Morgan fingerprint density at radius 3 is 2.45 bits per heavy atom. The second kappa shape index (κ2) is 10.0. The predicted octanol–water partition coefficient (Wildman–Crippen LogP) is 2.09. The van der Waals surface area contributed by atoms with Gasteiger partial charge in [0.05, 0.1) is 12.1 Å². The standard InChI is InChI=1S/C14H26N4O.HI/c1-5-15-13(17-12-14(2,3)19-4)16-8-11-18-9-6-7-10-18;/h6-7,9-10H,5,8,11-12H2,1-4H3,(H2,15,16,17);1H. The van der Waals surface area contributed by atoms with Crippen LogP contribution in [0.3, 0.4) is 0 Å². The van der Waals surface area contributed by atoms with Gasteiger partial charge in [-0.2, -0.15) is 0 Å². The molecule has 0 bridgehead atoms. The number of hydrogen-bond acceptors (Lipinski definition) is 2. The minimum atomic E-state index is -0.233. The molecule has 5 nitrogen and oxygen atoms in total. The Balaban J connectivity index is 0.00000361. The van der Waals surface area contributed by atoms with E-state index < -0.39 is 0 Å². The lowest BCUT2D eigenvalue weighted by Crippen LogP contribution is -2.40. The largest absolute Gasteiger partial charge is 0.377 e. The quantitative estimate of drug-likeness (QED) is 0.423. The zero-order chi connectivity index (χ0) is 14.1. The number of halogens is 1. The van der Waals surface area contributed by atoms with Crippen LogP contribution in [0.25, 0.3) is 0 Å². The van der Waals surface area contributed by atoms with Gasteiger partial charge in [0.15, 0.2) is 5.96 Å². The normalized spacial score (nSPS) is 11.9. The van der Waals surface area contributed by atoms with E-state index in [1.807, 2.05) is 26.0 Å². The molecule has 0 aliphatic heterocycles. The van der Waals surface area contributed by atoms with E-state index in [1.54, 1.807) is 7.11 Å². The lowest BCUT2D eigenvalue weighted by Gasteiger charge is -2.21. The van der Waals surface area contributed by atoms with Gasteiger partial charge in [-0.15, -0.1) is 24.0 Å². The smallest absolute Gasteiger partial charge is 0.191 e. The number of aromatic nitrogens is 1. The molecule has 0 saturated heterocycles. The van der Waals surface area contributed by atoms with Gasteiger partial charge in [-0.05, 0) is 32.9 Å². The summed E-state index contributed by atoms with van der Waals surface area (Å²) in [6.07, 6.45) is 4.11. The van der Waals surface area contributed by atoms with Gasteiger partial charge < -0.3 is 19.9 Å². The average molecular weight is 394 g/mol. The zero-order valence-electron chi connectivity index (χ0n) is 12.8. The number of nitrogens with one attached hydrogen (secondary N) is 2. The zero-order valence-corrected chi connectivity index (χ0v) is 15.2. The first kappa shape index (κ1) is 19.2. The number of aliphatic imine (C=N–C) groups is 1. The van der Waals surface area contributed by atoms with E-state index in [9.17, 15) is 0 Å². The van der Waals surface area contributed by atoms with E-state index in [2.05, 4.69) is 39.5 Å². The second-order valence-electron chi connectivity index (χ2n) is 5.01. The maximum Gasteiger partial charge on any atom is 0.191 e. The SMILES string of the molecule is CCNC(=NCC(C)(C)OC)NCCn1cccc1.I. The minimum Gasteiger partial charge on any atom is -0.377 e. The van der Waals surface area contributed by atoms with E-state index in [1.165, 1.54) is 0 Å². The van der Waals surface area contributed by atoms with Gasteiger partial charge in [0, 0.05) is 39.1 Å². The molecule has 2 N–H and O–H groups in total. The molecular weight excluding hydrogens is 367 g/mol. The Morgan fingerprint density at radius 2 is 1.90 bits per heavy atom. The summed E-state index contributed by atoms with van der Waals surface area (Å²) in [5, 5.41) is 6.55. The Bertz CT molecular complexity index is 377. The van der Waals surface area contributed by atoms with Crippen molar-refractivity contribution >= 4 is 29.9 Å². The van der Waals surface area contributed by atoms with Gasteiger partial charge in [0.25, 0.3) is 0 Å². The van der Waals surface area contributed by atoms with Crippen LogP contribution >= 0.6 is 24.0 Å². The second-order valence-corrected chi connectivity index (χ2v) is 5.01. The van der Waals surface area contributed by atoms with Gasteiger partial charge in [-0.25, -0.2) is 0 Å². The summed E-state index contributed by atoms with van der Waals surface area (Å²) < 4.78 is 7.50. The van der Waals surface area contributed by atoms with Crippen molar-refractivity contribution in [2.24, 2.45) is 4.99 Å². The molecule has 0 aliphatic rings. The van der Waals surface area contributed by atoms with Crippen LogP contribution in [-0.2, 0) is 11.3 Å². The molecular formula is C14H27IN4O. The summed E-state index contributed by atoms with van der Waals surface area (Å²) in [5.74, 6) is 0.833. The highest BCUT2D eigenvalue weighted by atomic mass is 127. The summed E-state index contributed by atoms with van der Waals surface area (Å²) in [7, 11) is 1.71. The third kappa shape index (κ3) is 7.74. The van der Waals surface area contributed by atoms with Crippen LogP contribution in [0.1, 0.15) is 20.8 Å². The number of ether oxygens (including phenoxy) is 1. The monoisotopic (exact) mass is 394 g/mol. The van der Waals surface area contributed by atoms with Crippen molar-refractivity contribution in [2.45, 2.75) is 32.9 Å². The van der Waals surface area contributed by atoms with Crippen molar-refractivity contribution in [1.82, 2.24) is 15.2 Å². The highest BCUT2D eigenvalue weighted by Crippen LogP contribution is 2.06. The van der Waals surface area contributed by atoms with Gasteiger partial charge in [-0.3, -0.25) is 4.99 Å². The van der Waals surface area contributed by atoms with Crippen LogP contribution < -0.4 is 10.6 Å². The molecule has 1 aromatic rings. The van der Waals surface area contributed by atoms with Crippen molar-refractivity contribution in [2.75, 3.05) is 26.7 Å². The third-order valence-corrected chi connectivity index (χ3v) is 2.84. The molecule has 0 spiro atoms. The molecule has 0 aliphatic carbocycles. The first-order valence-electron chi connectivity index (χ1n) is 6.75. The topological polar surface area (TPSA) is 50.6 Å². The van der Waals surface area contributed by atoms with Crippen LogP contribution in [0, 0.1) is 0 Å². The number of guanidine groups is 1. The number of nitrogens with zero attached hydrogens (tertiary/aromatic N) is 2. The van der Waals surface area contributed by atoms with Crippen molar-refractivity contribution in [3.8, 4) is 0 Å². The van der Waals surface area contributed by atoms with E-state index in [4.69, 9.17) is 4.74 Å². The van der Waals surface area contributed by atoms with Gasteiger partial charge in [0.2, 0.25) is 0 Å². The first-order valence-corrected chi connectivity index (χ1v) is 6.75. The first-order chi connectivity index (χ1) is 9.07. The molecule has 0 aromatic carbocycles. The number of methoxy groups -OCH3 is 1. The van der Waals surface area contributed by atoms with Crippen LogP contribution in [0.15, 0.2) is 29.5 Å². The molecule has 6 heteroatoms. The molecule has 0 unspecified atom stereocenters. The van der Waals surface area contributed by atoms with E-state index >= 15 is 0 Å². The van der Waals surface area contributed by atoms with Crippen molar-refractivity contribution in [3.05, 3.63) is 24.5 Å². The van der Waals surface area contributed by atoms with E-state index in [-0.39, 0.29) is 29.6 Å². The number of rotatable bonds is 7. The Kier molecular flexibility index (Phi) is 9.66. The lowest BCUT2D eigenvalue weighted by molar-refractivity contribution is 0.0310. The molecule has 0 amide bonds. The molecule has 116 valence electrons. The fourth-order valence-corrected chi connectivity index (χ4v) is 1.50. The summed E-state index contributed by atoms with van der Waals surface area (Å²) in [6.45, 7) is 9.36. The molecule has 1 rings (SSSR count). The van der Waals surface area contributed by atoms with Crippen LogP contribution in [0.5, 0.6) is 0 Å². The van der Waals surface area contributed by atoms with Crippen LogP contribution in [0.2, 0.25) is 0 Å². The van der Waals surface area contributed by atoms with Crippen LogP contribution in [-0.4, -0.2) is 42.9 Å². The maximum absolute atomic E-state index is 5.36. The Hall–Kier alpha value is -0.760. The van der Waals surface area contributed by atoms with Gasteiger partial charge >= 0.3 is 0 Å². The van der Waals surface area contributed by atoms with Gasteiger partial charge in [0.1, 0.15) is 0 Å². The van der Waals surface area contributed by atoms with E-state index in [0.717, 1.165) is 25.6 Å². The van der Waals surface area contributed by atoms with Crippen LogP contribution in [0.4, 0.5) is 0 Å². The third-order valence-electron chi connectivity index (χ3n) is 2.84.